The lowest BCUT2D eigenvalue weighted by Crippen LogP contribution is -2.25. The van der Waals surface area contributed by atoms with Crippen LogP contribution in [0.25, 0.3) is 10.8 Å². The third kappa shape index (κ3) is 2.24. The number of hydrogen-bond donors (Lipinski definition) is 1. The monoisotopic (exact) mass is 269 g/mol. The van der Waals surface area contributed by atoms with Crippen molar-refractivity contribution in [3.05, 3.63) is 42.0 Å². The molecular weight excluding hydrogens is 250 g/mol. The minimum absolute atomic E-state index is 0.122. The molecule has 1 saturated carbocycles. The molecule has 20 heavy (non-hydrogen) atoms. The van der Waals surface area contributed by atoms with Gasteiger partial charge in [-0.15, -0.1) is 0 Å². The van der Waals surface area contributed by atoms with Crippen LogP contribution in [0.5, 0.6) is 5.75 Å². The van der Waals surface area contributed by atoms with Crippen molar-refractivity contribution in [1.82, 2.24) is 5.32 Å². The van der Waals surface area contributed by atoms with E-state index in [1.54, 1.807) is 7.11 Å². The van der Waals surface area contributed by atoms with Crippen molar-refractivity contribution in [1.29, 1.82) is 0 Å². The molecule has 1 aliphatic carbocycles. The summed E-state index contributed by atoms with van der Waals surface area (Å²) in [7, 11) is 1.70. The Bertz CT molecular complexity index is 650. The quantitative estimate of drug-likeness (QED) is 0.925. The van der Waals surface area contributed by atoms with E-state index in [2.05, 4.69) is 23.5 Å². The van der Waals surface area contributed by atoms with Gasteiger partial charge < -0.3 is 10.1 Å². The summed E-state index contributed by atoms with van der Waals surface area (Å²) in [5, 5.41) is 5.52. The Morgan fingerprint density at radius 2 is 2.10 bits per heavy atom. The van der Waals surface area contributed by atoms with Crippen molar-refractivity contribution in [2.24, 2.45) is 0 Å². The van der Waals surface area contributed by atoms with Crippen LogP contribution in [0, 0.1) is 0 Å². The van der Waals surface area contributed by atoms with Gasteiger partial charge >= 0.3 is 0 Å². The van der Waals surface area contributed by atoms with Crippen LogP contribution >= 0.6 is 0 Å². The first-order valence-electron chi connectivity index (χ1n) is 7.09. The zero-order valence-electron chi connectivity index (χ0n) is 11.8. The summed E-state index contributed by atoms with van der Waals surface area (Å²) in [5.74, 6) is 1.41. The molecule has 1 amide bonds. The van der Waals surface area contributed by atoms with Gasteiger partial charge in [-0.05, 0) is 23.3 Å². The molecule has 0 aliphatic heterocycles. The highest BCUT2D eigenvalue weighted by atomic mass is 16.5. The highest BCUT2D eigenvalue weighted by Crippen LogP contribution is 2.47. The van der Waals surface area contributed by atoms with E-state index in [9.17, 15) is 4.79 Å². The molecular formula is C17H19NO2. The van der Waals surface area contributed by atoms with Gasteiger partial charge in [0.1, 0.15) is 5.75 Å². The van der Waals surface area contributed by atoms with Gasteiger partial charge in [-0.3, -0.25) is 4.79 Å². The molecule has 0 bridgehead atoms. The molecule has 3 nitrogen and oxygen atoms in total. The number of ether oxygens (including phenoxy) is 1. The van der Waals surface area contributed by atoms with Crippen LogP contribution in [-0.2, 0) is 4.79 Å². The van der Waals surface area contributed by atoms with Crippen LogP contribution in [-0.4, -0.2) is 19.1 Å². The van der Waals surface area contributed by atoms with Crippen molar-refractivity contribution >= 4 is 16.7 Å². The van der Waals surface area contributed by atoms with Gasteiger partial charge in [-0.2, -0.15) is 0 Å². The highest BCUT2D eigenvalue weighted by molar-refractivity contribution is 5.89. The summed E-state index contributed by atoms with van der Waals surface area (Å²) in [4.78, 5) is 11.5. The summed E-state index contributed by atoms with van der Waals surface area (Å²) in [5.41, 5.74) is 1.23. The molecule has 0 heterocycles. The topological polar surface area (TPSA) is 38.3 Å². The van der Waals surface area contributed by atoms with E-state index in [-0.39, 0.29) is 11.9 Å². The Balaban J connectivity index is 1.97. The zero-order valence-corrected chi connectivity index (χ0v) is 11.8. The first-order valence-corrected chi connectivity index (χ1v) is 7.09. The van der Waals surface area contributed by atoms with Gasteiger partial charge in [0, 0.05) is 23.9 Å². The normalized spacial score (nSPS) is 20.7. The van der Waals surface area contributed by atoms with Crippen molar-refractivity contribution in [2.45, 2.75) is 31.7 Å². The second-order valence-corrected chi connectivity index (χ2v) is 5.27. The molecule has 2 unspecified atom stereocenters. The van der Waals surface area contributed by atoms with Gasteiger partial charge in [-0.25, -0.2) is 0 Å². The number of benzene rings is 2. The minimum atomic E-state index is 0.122. The Hall–Kier alpha value is -2.03. The average molecular weight is 269 g/mol. The lowest BCUT2D eigenvalue weighted by Gasteiger charge is -2.12. The summed E-state index contributed by atoms with van der Waals surface area (Å²) in [6, 6.07) is 12.7. The molecule has 0 radical (unpaired) electrons. The van der Waals surface area contributed by atoms with Crippen molar-refractivity contribution in [3.63, 3.8) is 0 Å². The molecule has 1 fully saturated rings. The van der Waals surface area contributed by atoms with Crippen LogP contribution in [0.15, 0.2) is 36.4 Å². The predicted molar refractivity (Wildman–Crippen MR) is 80.1 cm³/mol. The molecule has 1 aliphatic rings. The molecule has 3 rings (SSSR count). The molecule has 2 aromatic rings. The minimum Gasteiger partial charge on any atom is -0.496 e. The second kappa shape index (κ2) is 5.16. The number of hydrogen-bond acceptors (Lipinski definition) is 2. The van der Waals surface area contributed by atoms with Gasteiger partial charge in [0.2, 0.25) is 5.91 Å². The lowest BCUT2D eigenvalue weighted by atomic mass is 9.99. The van der Waals surface area contributed by atoms with Crippen LogP contribution in [0.1, 0.15) is 31.2 Å². The molecule has 0 spiro atoms. The summed E-state index contributed by atoms with van der Waals surface area (Å²) in [6.07, 6.45) is 1.53. The number of amides is 1. The standard InChI is InChI=1S/C17H19NO2/c1-3-16(19)18-14-10-13(14)17-12-7-5-4-6-11(12)8-9-15(17)20-2/h4-9,13-14H,3,10H2,1-2H3,(H,18,19). The van der Waals surface area contributed by atoms with E-state index in [0.29, 0.717) is 12.3 Å². The first kappa shape index (κ1) is 13.0. The van der Waals surface area contributed by atoms with E-state index < -0.39 is 0 Å². The van der Waals surface area contributed by atoms with Gasteiger partial charge in [-0.1, -0.05) is 37.3 Å². The number of fused-ring (bicyclic) bond motifs is 1. The molecule has 2 atom stereocenters. The Morgan fingerprint density at radius 1 is 1.30 bits per heavy atom. The lowest BCUT2D eigenvalue weighted by molar-refractivity contribution is -0.120. The maximum Gasteiger partial charge on any atom is 0.219 e. The Morgan fingerprint density at radius 3 is 2.85 bits per heavy atom. The number of carbonyl (C=O) groups is 1. The summed E-state index contributed by atoms with van der Waals surface area (Å²) < 4.78 is 5.52. The number of nitrogens with one attached hydrogen (secondary N) is 1. The largest absolute Gasteiger partial charge is 0.496 e. The van der Waals surface area contributed by atoms with Crippen molar-refractivity contribution < 1.29 is 9.53 Å². The SMILES string of the molecule is CCC(=O)NC1CC1c1c(OC)ccc2ccccc12. The fraction of sp³-hybridized carbons (Fsp3) is 0.353. The van der Waals surface area contributed by atoms with Crippen LogP contribution < -0.4 is 10.1 Å². The van der Waals surface area contributed by atoms with Crippen LogP contribution in [0.3, 0.4) is 0 Å². The van der Waals surface area contributed by atoms with E-state index in [1.165, 1.54) is 16.3 Å². The molecule has 3 heteroatoms. The molecule has 2 aromatic carbocycles. The molecule has 1 N–H and O–H groups in total. The molecule has 0 saturated heterocycles. The summed E-state index contributed by atoms with van der Waals surface area (Å²) >= 11 is 0. The number of rotatable bonds is 4. The third-order valence-corrected chi connectivity index (χ3v) is 3.98. The van der Waals surface area contributed by atoms with Gasteiger partial charge in [0.15, 0.2) is 0 Å². The Labute approximate surface area is 118 Å². The van der Waals surface area contributed by atoms with Crippen LogP contribution in [0.4, 0.5) is 0 Å². The van der Waals surface area contributed by atoms with E-state index in [0.717, 1.165) is 12.2 Å². The fourth-order valence-electron chi connectivity index (χ4n) is 2.82. The maximum atomic E-state index is 11.5. The fourth-order valence-corrected chi connectivity index (χ4v) is 2.82. The Kier molecular flexibility index (Phi) is 3.35. The zero-order chi connectivity index (χ0) is 14.1. The van der Waals surface area contributed by atoms with E-state index >= 15 is 0 Å². The van der Waals surface area contributed by atoms with Gasteiger partial charge in [0.25, 0.3) is 0 Å². The molecule has 104 valence electrons. The highest BCUT2D eigenvalue weighted by Gasteiger charge is 2.41. The first-order chi connectivity index (χ1) is 9.74. The van der Waals surface area contributed by atoms with Crippen molar-refractivity contribution in [3.8, 4) is 5.75 Å². The second-order valence-electron chi connectivity index (χ2n) is 5.27. The van der Waals surface area contributed by atoms with Crippen molar-refractivity contribution in [2.75, 3.05) is 7.11 Å². The number of methoxy groups -OCH3 is 1. The molecule has 0 aromatic heterocycles. The maximum absolute atomic E-state index is 11.5. The van der Waals surface area contributed by atoms with Gasteiger partial charge in [0.05, 0.1) is 7.11 Å². The number of carbonyl (C=O) groups excluding carboxylic acids is 1. The third-order valence-electron chi connectivity index (χ3n) is 3.98. The summed E-state index contributed by atoms with van der Waals surface area (Å²) in [6.45, 7) is 1.88. The smallest absolute Gasteiger partial charge is 0.219 e. The van der Waals surface area contributed by atoms with E-state index in [1.807, 2.05) is 25.1 Å². The van der Waals surface area contributed by atoms with Crippen LogP contribution in [0.2, 0.25) is 0 Å². The van der Waals surface area contributed by atoms with E-state index in [4.69, 9.17) is 4.74 Å². The average Bonchev–Trinajstić information content (AvgIpc) is 3.24. The predicted octanol–water partition coefficient (Wildman–Crippen LogP) is 3.23.